The predicted octanol–water partition coefficient (Wildman–Crippen LogP) is 1.96. The second-order valence-corrected chi connectivity index (χ2v) is 5.55. The van der Waals surface area contributed by atoms with Gasteiger partial charge < -0.3 is 5.32 Å². The fourth-order valence-electron chi connectivity index (χ4n) is 3.17. The van der Waals surface area contributed by atoms with Gasteiger partial charge >= 0.3 is 0 Å². The second kappa shape index (κ2) is 4.84. The minimum absolute atomic E-state index is 0.134. The van der Waals surface area contributed by atoms with Crippen molar-refractivity contribution in [2.24, 2.45) is 0 Å². The highest BCUT2D eigenvalue weighted by Gasteiger charge is 2.22. The Morgan fingerprint density at radius 3 is 3.00 bits per heavy atom. The van der Waals surface area contributed by atoms with Crippen LogP contribution >= 0.6 is 0 Å². The van der Waals surface area contributed by atoms with E-state index in [9.17, 15) is 4.79 Å². The lowest BCUT2D eigenvalue weighted by Gasteiger charge is -2.27. The molecule has 1 N–H and O–H groups in total. The lowest BCUT2D eigenvalue weighted by molar-refractivity contribution is 0.380. The average Bonchev–Trinajstić information content (AvgIpc) is 2.39. The van der Waals surface area contributed by atoms with Crippen molar-refractivity contribution >= 4 is 0 Å². The lowest BCUT2D eigenvalue weighted by atomic mass is 10.0. The van der Waals surface area contributed by atoms with E-state index in [1.807, 2.05) is 4.57 Å². The molecule has 1 fully saturated rings. The second-order valence-electron chi connectivity index (χ2n) is 5.55. The monoisotopic (exact) mass is 247 g/mol. The van der Waals surface area contributed by atoms with E-state index in [0.717, 1.165) is 43.7 Å². The minimum atomic E-state index is 0.134. The Morgan fingerprint density at radius 2 is 2.22 bits per heavy atom. The first-order chi connectivity index (χ1) is 8.75. The van der Waals surface area contributed by atoms with Crippen LogP contribution in [0.4, 0.5) is 0 Å². The Labute approximate surface area is 107 Å². The van der Waals surface area contributed by atoms with E-state index in [-0.39, 0.29) is 11.6 Å². The van der Waals surface area contributed by atoms with Crippen LogP contribution in [-0.2, 0) is 6.42 Å². The molecule has 4 heteroatoms. The van der Waals surface area contributed by atoms with Crippen molar-refractivity contribution in [1.82, 2.24) is 14.9 Å². The fourth-order valence-corrected chi connectivity index (χ4v) is 3.17. The van der Waals surface area contributed by atoms with E-state index in [1.165, 1.54) is 12.8 Å². The summed E-state index contributed by atoms with van der Waals surface area (Å²) in [5, 5.41) is 3.47. The maximum absolute atomic E-state index is 12.2. The Bertz CT molecular complexity index is 488. The molecule has 18 heavy (non-hydrogen) atoms. The van der Waals surface area contributed by atoms with Gasteiger partial charge in [0.25, 0.3) is 5.56 Å². The molecule has 98 valence electrons. The molecule has 2 aliphatic heterocycles. The van der Waals surface area contributed by atoms with E-state index >= 15 is 0 Å². The van der Waals surface area contributed by atoms with Gasteiger partial charge in [0.15, 0.2) is 0 Å². The number of rotatable bonds is 1. The maximum atomic E-state index is 12.2. The van der Waals surface area contributed by atoms with Crippen molar-refractivity contribution in [3.8, 4) is 0 Å². The number of aryl methyl sites for hydroxylation is 1. The number of hydrogen-bond donors (Lipinski definition) is 1. The Kier molecular flexibility index (Phi) is 3.20. The summed E-state index contributed by atoms with van der Waals surface area (Å²) in [6.07, 6.45) is 6.75. The molecule has 0 aromatic carbocycles. The Balaban J connectivity index is 1.98. The van der Waals surface area contributed by atoms with Crippen LogP contribution in [0.1, 0.15) is 62.6 Å². The number of piperidine rings is 1. The van der Waals surface area contributed by atoms with Crippen molar-refractivity contribution < 1.29 is 0 Å². The van der Waals surface area contributed by atoms with Crippen molar-refractivity contribution in [2.75, 3.05) is 6.54 Å². The molecule has 1 aromatic heterocycles. The average molecular weight is 247 g/mol. The summed E-state index contributed by atoms with van der Waals surface area (Å²) in [7, 11) is 0. The zero-order valence-corrected chi connectivity index (χ0v) is 11.0. The van der Waals surface area contributed by atoms with Crippen LogP contribution in [0.25, 0.3) is 0 Å². The van der Waals surface area contributed by atoms with Crippen LogP contribution in [0.2, 0.25) is 0 Å². The van der Waals surface area contributed by atoms with Gasteiger partial charge in [0, 0.05) is 24.6 Å². The molecule has 2 unspecified atom stereocenters. The quantitative estimate of drug-likeness (QED) is 0.825. The summed E-state index contributed by atoms with van der Waals surface area (Å²) < 4.78 is 1.88. The molecule has 1 saturated heterocycles. The molecular formula is C14H21N3O. The Morgan fingerprint density at radius 1 is 1.33 bits per heavy atom. The molecule has 0 spiro atoms. The summed E-state index contributed by atoms with van der Waals surface area (Å²) in [5.41, 5.74) is 1.09. The third kappa shape index (κ3) is 2.09. The number of fused-ring (bicyclic) bond motifs is 1. The third-order valence-corrected chi connectivity index (χ3v) is 4.18. The van der Waals surface area contributed by atoms with Crippen LogP contribution in [0.5, 0.6) is 0 Å². The maximum Gasteiger partial charge on any atom is 0.254 e. The minimum Gasteiger partial charge on any atom is -0.309 e. The first kappa shape index (κ1) is 11.9. The molecule has 1 aromatic rings. The fraction of sp³-hybridized carbons (Fsp3) is 0.714. The topological polar surface area (TPSA) is 46.9 Å². The molecular weight excluding hydrogens is 226 g/mol. The van der Waals surface area contributed by atoms with Crippen LogP contribution in [0, 0.1) is 0 Å². The van der Waals surface area contributed by atoms with E-state index in [4.69, 9.17) is 4.98 Å². The van der Waals surface area contributed by atoms with Gasteiger partial charge in [-0.15, -0.1) is 0 Å². The summed E-state index contributed by atoms with van der Waals surface area (Å²) in [6.45, 7) is 3.16. The third-order valence-electron chi connectivity index (χ3n) is 4.18. The van der Waals surface area contributed by atoms with Gasteiger partial charge in [0.05, 0.1) is 5.69 Å². The standard InChI is InChI=1S/C14H21N3O/c1-10-5-4-7-13-16-12(9-14(18)17(10)13)11-6-2-3-8-15-11/h9-11,15H,2-8H2,1H3. The number of nitrogens with one attached hydrogen (secondary N) is 1. The van der Waals surface area contributed by atoms with Gasteiger partial charge in [-0.3, -0.25) is 9.36 Å². The van der Waals surface area contributed by atoms with E-state index in [1.54, 1.807) is 6.07 Å². The van der Waals surface area contributed by atoms with Gasteiger partial charge in [-0.25, -0.2) is 4.98 Å². The van der Waals surface area contributed by atoms with Crippen LogP contribution in [0.15, 0.2) is 10.9 Å². The zero-order valence-electron chi connectivity index (χ0n) is 11.0. The van der Waals surface area contributed by atoms with Crippen LogP contribution in [-0.4, -0.2) is 16.1 Å². The van der Waals surface area contributed by atoms with E-state index < -0.39 is 0 Å². The zero-order chi connectivity index (χ0) is 12.5. The molecule has 0 radical (unpaired) electrons. The normalized spacial score (nSPS) is 27.8. The molecule has 2 aliphatic rings. The van der Waals surface area contributed by atoms with Crippen molar-refractivity contribution in [3.63, 3.8) is 0 Å². The highest BCUT2D eigenvalue weighted by atomic mass is 16.1. The van der Waals surface area contributed by atoms with Gasteiger partial charge in [0.2, 0.25) is 0 Å². The van der Waals surface area contributed by atoms with Gasteiger partial charge in [-0.05, 0) is 39.2 Å². The van der Waals surface area contributed by atoms with Crippen molar-refractivity contribution in [2.45, 2.75) is 57.5 Å². The van der Waals surface area contributed by atoms with E-state index in [2.05, 4.69) is 12.2 Å². The summed E-state index contributed by atoms with van der Waals surface area (Å²) in [4.78, 5) is 17.0. The predicted molar refractivity (Wildman–Crippen MR) is 70.7 cm³/mol. The lowest BCUT2D eigenvalue weighted by Crippen LogP contribution is -2.34. The molecule has 3 heterocycles. The van der Waals surface area contributed by atoms with Gasteiger partial charge in [-0.1, -0.05) is 6.42 Å². The highest BCUT2D eigenvalue weighted by Crippen LogP contribution is 2.24. The van der Waals surface area contributed by atoms with Crippen molar-refractivity contribution in [3.05, 3.63) is 27.9 Å². The summed E-state index contributed by atoms with van der Waals surface area (Å²) in [5.74, 6) is 0.989. The first-order valence-electron chi connectivity index (χ1n) is 7.11. The van der Waals surface area contributed by atoms with E-state index in [0.29, 0.717) is 6.04 Å². The highest BCUT2D eigenvalue weighted by molar-refractivity contribution is 5.12. The van der Waals surface area contributed by atoms with Gasteiger partial charge in [-0.2, -0.15) is 0 Å². The van der Waals surface area contributed by atoms with Gasteiger partial charge in [0.1, 0.15) is 5.82 Å². The molecule has 2 atom stereocenters. The molecule has 3 rings (SSSR count). The molecule has 0 aliphatic carbocycles. The SMILES string of the molecule is CC1CCCc2nc(C3CCCCN3)cc(=O)n21. The number of aromatic nitrogens is 2. The largest absolute Gasteiger partial charge is 0.309 e. The summed E-state index contributed by atoms with van der Waals surface area (Å²) >= 11 is 0. The number of nitrogens with zero attached hydrogens (tertiary/aromatic N) is 2. The molecule has 0 amide bonds. The smallest absolute Gasteiger partial charge is 0.254 e. The van der Waals surface area contributed by atoms with Crippen LogP contribution < -0.4 is 10.9 Å². The molecule has 0 saturated carbocycles. The first-order valence-corrected chi connectivity index (χ1v) is 7.11. The Hall–Kier alpha value is -1.16. The van der Waals surface area contributed by atoms with Crippen LogP contribution in [0.3, 0.4) is 0 Å². The molecule has 4 nitrogen and oxygen atoms in total. The number of hydrogen-bond acceptors (Lipinski definition) is 3. The molecule has 0 bridgehead atoms. The van der Waals surface area contributed by atoms with Crippen molar-refractivity contribution in [1.29, 1.82) is 0 Å². The summed E-state index contributed by atoms with van der Waals surface area (Å²) in [6, 6.07) is 2.34.